The molecule has 1 aliphatic heterocycles. The summed E-state index contributed by atoms with van der Waals surface area (Å²) in [4.78, 5) is 21.9. The van der Waals surface area contributed by atoms with Gasteiger partial charge in [0.1, 0.15) is 0 Å². The largest absolute Gasteiger partial charge is 0.493 e. The van der Waals surface area contributed by atoms with Crippen LogP contribution in [0.5, 0.6) is 17.2 Å². The van der Waals surface area contributed by atoms with Gasteiger partial charge in [0.2, 0.25) is 18.4 Å². The molecule has 0 radical (unpaired) electrons. The van der Waals surface area contributed by atoms with E-state index in [0.29, 0.717) is 0 Å². The molecule has 0 saturated carbocycles. The van der Waals surface area contributed by atoms with Crippen LogP contribution in [0.3, 0.4) is 0 Å². The second kappa shape index (κ2) is 3.93. The fraction of sp³-hybridized carbons (Fsp3) is 0.200. The summed E-state index contributed by atoms with van der Waals surface area (Å²) in [6, 6.07) is 1.08. The molecule has 6 nitrogen and oxygen atoms in total. The average Bonchev–Trinajstić information content (AvgIpc) is 2.76. The molecule has 17 heavy (non-hydrogen) atoms. The minimum atomic E-state index is -1.71. The van der Waals surface area contributed by atoms with E-state index in [-0.39, 0.29) is 18.3 Å². The summed E-state index contributed by atoms with van der Waals surface area (Å²) in [6.45, 7) is -0.194. The van der Waals surface area contributed by atoms with Gasteiger partial charge in [-0.15, -0.1) is 0 Å². The van der Waals surface area contributed by atoms with Crippen molar-refractivity contribution >= 4 is 11.8 Å². The number of ether oxygens (including phenoxy) is 3. The number of hydrogen-bond donors (Lipinski definition) is 1. The zero-order valence-electron chi connectivity index (χ0n) is 8.65. The van der Waals surface area contributed by atoms with E-state index in [1.165, 1.54) is 0 Å². The Labute approximate surface area is 94.5 Å². The number of benzene rings is 1. The van der Waals surface area contributed by atoms with Gasteiger partial charge in [0.25, 0.3) is 5.78 Å². The van der Waals surface area contributed by atoms with E-state index >= 15 is 0 Å². The molecule has 90 valence electrons. The SMILES string of the molecule is COc1c(C(=O)C(=O)O)cc2c(c1F)OCO2. The average molecular weight is 242 g/mol. The van der Waals surface area contributed by atoms with Gasteiger partial charge in [-0.25, -0.2) is 4.79 Å². The molecule has 0 spiro atoms. The van der Waals surface area contributed by atoms with Gasteiger partial charge in [-0.1, -0.05) is 0 Å². The highest BCUT2D eigenvalue weighted by Crippen LogP contribution is 2.41. The number of carbonyl (C=O) groups excluding carboxylic acids is 1. The van der Waals surface area contributed by atoms with E-state index in [0.717, 1.165) is 13.2 Å². The third kappa shape index (κ3) is 1.65. The van der Waals surface area contributed by atoms with Crippen LogP contribution in [-0.2, 0) is 4.79 Å². The summed E-state index contributed by atoms with van der Waals surface area (Å²) in [5.74, 6) is -4.62. The molecule has 0 unspecified atom stereocenters. The van der Waals surface area contributed by atoms with E-state index in [1.54, 1.807) is 0 Å². The molecule has 0 bridgehead atoms. The van der Waals surface area contributed by atoms with E-state index in [1.807, 2.05) is 0 Å². The van der Waals surface area contributed by atoms with Crippen LogP contribution in [-0.4, -0.2) is 30.8 Å². The van der Waals surface area contributed by atoms with E-state index in [9.17, 15) is 14.0 Å². The third-order valence-corrected chi connectivity index (χ3v) is 2.20. The molecule has 7 heteroatoms. The molecule has 1 aromatic carbocycles. The summed E-state index contributed by atoms with van der Waals surface area (Å²) in [5.41, 5.74) is -0.415. The number of carboxylic acid groups (broad SMARTS) is 1. The number of ketones is 1. The Hall–Kier alpha value is -2.31. The Kier molecular flexibility index (Phi) is 2.58. The second-order valence-corrected chi connectivity index (χ2v) is 3.14. The van der Waals surface area contributed by atoms with Crippen molar-refractivity contribution in [1.82, 2.24) is 0 Å². The van der Waals surface area contributed by atoms with Crippen molar-refractivity contribution < 1.29 is 33.3 Å². The van der Waals surface area contributed by atoms with Crippen LogP contribution in [0.2, 0.25) is 0 Å². The lowest BCUT2D eigenvalue weighted by molar-refractivity contribution is -0.131. The maximum atomic E-state index is 13.8. The number of rotatable bonds is 3. The Balaban J connectivity index is 2.63. The molecule has 1 aromatic rings. The zero-order valence-corrected chi connectivity index (χ0v) is 8.65. The predicted molar refractivity (Wildman–Crippen MR) is 51.0 cm³/mol. The van der Waals surface area contributed by atoms with Gasteiger partial charge in [-0.3, -0.25) is 4.79 Å². The Morgan fingerprint density at radius 3 is 2.76 bits per heavy atom. The maximum Gasteiger partial charge on any atom is 0.377 e. The van der Waals surface area contributed by atoms with Crippen molar-refractivity contribution in [2.75, 3.05) is 13.9 Å². The molecule has 0 aromatic heterocycles. The second-order valence-electron chi connectivity index (χ2n) is 3.14. The molecule has 1 N–H and O–H groups in total. The molecule has 2 rings (SSSR count). The van der Waals surface area contributed by atoms with Crippen molar-refractivity contribution in [2.24, 2.45) is 0 Å². The third-order valence-electron chi connectivity index (χ3n) is 2.20. The minimum Gasteiger partial charge on any atom is -0.493 e. The van der Waals surface area contributed by atoms with Crippen molar-refractivity contribution in [3.05, 3.63) is 17.4 Å². The topological polar surface area (TPSA) is 82.1 Å². The summed E-state index contributed by atoms with van der Waals surface area (Å²) >= 11 is 0. The first kappa shape index (κ1) is 11.2. The first-order valence-corrected chi connectivity index (χ1v) is 4.50. The van der Waals surface area contributed by atoms with Crippen LogP contribution < -0.4 is 14.2 Å². The van der Waals surface area contributed by atoms with Crippen LogP contribution >= 0.6 is 0 Å². The van der Waals surface area contributed by atoms with Gasteiger partial charge in [0.05, 0.1) is 12.7 Å². The van der Waals surface area contributed by atoms with Gasteiger partial charge < -0.3 is 19.3 Å². The van der Waals surface area contributed by atoms with Gasteiger partial charge in [-0.2, -0.15) is 4.39 Å². The monoisotopic (exact) mass is 242 g/mol. The summed E-state index contributed by atoms with van der Waals surface area (Å²) < 4.78 is 28.2. The molecular formula is C10H7FO6. The minimum absolute atomic E-state index is 0.0205. The van der Waals surface area contributed by atoms with Gasteiger partial charge in [-0.05, 0) is 6.07 Å². The van der Waals surface area contributed by atoms with E-state index in [4.69, 9.17) is 14.6 Å². The Bertz CT molecular complexity index is 510. The predicted octanol–water partition coefficient (Wildman–Crippen LogP) is 0.830. The molecule has 0 saturated heterocycles. The van der Waals surface area contributed by atoms with Crippen LogP contribution in [0.4, 0.5) is 4.39 Å². The fourth-order valence-electron chi connectivity index (χ4n) is 1.47. The number of aliphatic carboxylic acids is 1. The first-order valence-electron chi connectivity index (χ1n) is 4.50. The van der Waals surface area contributed by atoms with Crippen molar-refractivity contribution in [2.45, 2.75) is 0 Å². The lowest BCUT2D eigenvalue weighted by Crippen LogP contribution is -2.14. The van der Waals surface area contributed by atoms with Gasteiger partial charge in [0, 0.05) is 0 Å². The van der Waals surface area contributed by atoms with E-state index in [2.05, 4.69) is 4.74 Å². The van der Waals surface area contributed by atoms with Crippen LogP contribution in [0, 0.1) is 5.82 Å². The Morgan fingerprint density at radius 2 is 2.18 bits per heavy atom. The molecule has 1 aliphatic rings. The fourth-order valence-corrected chi connectivity index (χ4v) is 1.47. The van der Waals surface area contributed by atoms with Crippen molar-refractivity contribution in [3.8, 4) is 17.2 Å². The normalized spacial score (nSPS) is 12.4. The van der Waals surface area contributed by atoms with Crippen LogP contribution in [0.15, 0.2) is 6.07 Å². The summed E-state index contributed by atoms with van der Waals surface area (Å²) in [7, 11) is 1.12. The number of halogens is 1. The number of carbonyl (C=O) groups is 2. The standard InChI is InChI=1S/C10H7FO6/c1-15-8-4(7(12)10(13)14)2-5-9(6(8)11)17-3-16-5/h2H,3H2,1H3,(H,13,14). The smallest absolute Gasteiger partial charge is 0.377 e. The molecule has 1 heterocycles. The van der Waals surface area contributed by atoms with Gasteiger partial charge in [0.15, 0.2) is 11.5 Å². The van der Waals surface area contributed by atoms with Gasteiger partial charge >= 0.3 is 5.97 Å². The lowest BCUT2D eigenvalue weighted by atomic mass is 10.1. The first-order chi connectivity index (χ1) is 8.06. The van der Waals surface area contributed by atoms with Crippen molar-refractivity contribution in [1.29, 1.82) is 0 Å². The summed E-state index contributed by atoms with van der Waals surface area (Å²) in [6.07, 6.45) is 0. The van der Waals surface area contributed by atoms with Crippen LogP contribution in [0.1, 0.15) is 10.4 Å². The Morgan fingerprint density at radius 1 is 1.47 bits per heavy atom. The zero-order chi connectivity index (χ0) is 12.6. The molecular weight excluding hydrogens is 235 g/mol. The van der Waals surface area contributed by atoms with E-state index < -0.39 is 28.9 Å². The number of fused-ring (bicyclic) bond motifs is 1. The summed E-state index contributed by atoms with van der Waals surface area (Å²) in [5, 5.41) is 8.60. The number of methoxy groups -OCH3 is 1. The lowest BCUT2D eigenvalue weighted by Gasteiger charge is -2.08. The molecule has 0 atom stereocenters. The highest BCUT2D eigenvalue weighted by atomic mass is 19.1. The van der Waals surface area contributed by atoms with Crippen LogP contribution in [0.25, 0.3) is 0 Å². The quantitative estimate of drug-likeness (QED) is 0.624. The maximum absolute atomic E-state index is 13.8. The van der Waals surface area contributed by atoms with Crippen molar-refractivity contribution in [3.63, 3.8) is 0 Å². The highest BCUT2D eigenvalue weighted by molar-refractivity contribution is 6.40. The molecule has 0 aliphatic carbocycles. The number of Topliss-reactive ketones (excluding diaryl/α,β-unsaturated/α-hetero) is 1. The molecule has 0 fully saturated rings. The number of carboxylic acids is 1. The number of hydrogen-bond acceptors (Lipinski definition) is 5. The molecule has 0 amide bonds. The highest BCUT2D eigenvalue weighted by Gasteiger charge is 2.30.